The molecular weight excluding hydrogens is 164 g/mol. The van der Waals surface area contributed by atoms with Gasteiger partial charge in [-0.3, -0.25) is 0 Å². The maximum Gasteiger partial charge on any atom is 0.109 e. The van der Waals surface area contributed by atoms with Crippen molar-refractivity contribution in [2.75, 3.05) is 0 Å². The molecule has 1 N–H and O–H groups in total. The number of aliphatic hydroxyl groups excluding tert-OH is 1. The topological polar surface area (TPSA) is 33.4 Å². The minimum absolute atomic E-state index is 0.200. The largest absolute Gasteiger partial charge is 0.469 e. The molecule has 2 unspecified atom stereocenters. The molecule has 0 aromatic carbocycles. The zero-order valence-electron chi connectivity index (χ0n) is 7.78. The smallest absolute Gasteiger partial charge is 0.109 e. The summed E-state index contributed by atoms with van der Waals surface area (Å²) in [7, 11) is 0. The summed E-state index contributed by atoms with van der Waals surface area (Å²) in [6, 6.07) is 3.87. The Balaban J connectivity index is 2.11. The van der Waals surface area contributed by atoms with E-state index in [2.05, 4.69) is 0 Å². The van der Waals surface area contributed by atoms with Gasteiger partial charge < -0.3 is 9.52 Å². The lowest BCUT2D eigenvalue weighted by molar-refractivity contribution is 0.125. The molecule has 1 aromatic rings. The summed E-state index contributed by atoms with van der Waals surface area (Å²) in [6.07, 6.45) is 7.08. The number of furan rings is 1. The molecule has 0 aliphatic heterocycles. The zero-order chi connectivity index (χ0) is 9.10. The number of rotatable bonds is 1. The molecule has 1 heterocycles. The lowest BCUT2D eigenvalue weighted by atomic mass is 9.95. The second kappa shape index (κ2) is 3.97. The van der Waals surface area contributed by atoms with Gasteiger partial charge >= 0.3 is 0 Å². The van der Waals surface area contributed by atoms with Crippen molar-refractivity contribution in [3.8, 4) is 0 Å². The standard InChI is InChI=1S/C11H16O2/c12-10-6-3-1-2-5-9(10)11-7-4-8-13-11/h4,7-10,12H,1-3,5-6H2. The third-order valence-corrected chi connectivity index (χ3v) is 2.89. The molecule has 0 amide bonds. The number of hydrogen-bond acceptors (Lipinski definition) is 2. The molecule has 0 saturated heterocycles. The van der Waals surface area contributed by atoms with Gasteiger partial charge in [0.2, 0.25) is 0 Å². The van der Waals surface area contributed by atoms with E-state index in [4.69, 9.17) is 4.42 Å². The summed E-state index contributed by atoms with van der Waals surface area (Å²) < 4.78 is 5.34. The van der Waals surface area contributed by atoms with Crippen molar-refractivity contribution in [2.24, 2.45) is 0 Å². The Kier molecular flexibility index (Phi) is 2.69. The molecule has 2 heteroatoms. The molecule has 72 valence electrons. The first-order chi connectivity index (χ1) is 6.38. The van der Waals surface area contributed by atoms with Crippen LogP contribution in [0, 0.1) is 0 Å². The van der Waals surface area contributed by atoms with Crippen LogP contribution in [0.5, 0.6) is 0 Å². The van der Waals surface area contributed by atoms with E-state index in [0.717, 1.165) is 25.0 Å². The van der Waals surface area contributed by atoms with Crippen molar-refractivity contribution in [3.05, 3.63) is 24.2 Å². The number of aliphatic hydroxyl groups is 1. The quantitative estimate of drug-likeness (QED) is 0.674. The van der Waals surface area contributed by atoms with Gasteiger partial charge in [0.1, 0.15) is 5.76 Å². The highest BCUT2D eigenvalue weighted by molar-refractivity contribution is 5.07. The van der Waals surface area contributed by atoms with Crippen molar-refractivity contribution in [1.82, 2.24) is 0 Å². The first kappa shape index (κ1) is 8.82. The van der Waals surface area contributed by atoms with Crippen molar-refractivity contribution in [3.63, 3.8) is 0 Å². The van der Waals surface area contributed by atoms with Gasteiger partial charge in [-0.25, -0.2) is 0 Å². The average molecular weight is 180 g/mol. The normalized spacial score (nSPS) is 29.9. The van der Waals surface area contributed by atoms with Crippen LogP contribution in [-0.4, -0.2) is 11.2 Å². The molecule has 1 saturated carbocycles. The van der Waals surface area contributed by atoms with Gasteiger partial charge in [-0.15, -0.1) is 0 Å². The third-order valence-electron chi connectivity index (χ3n) is 2.89. The van der Waals surface area contributed by atoms with Crippen LogP contribution in [0.1, 0.15) is 43.8 Å². The van der Waals surface area contributed by atoms with Gasteiger partial charge in [0.15, 0.2) is 0 Å². The van der Waals surface area contributed by atoms with Gasteiger partial charge in [-0.1, -0.05) is 19.3 Å². The average Bonchev–Trinajstić information content (AvgIpc) is 2.56. The second-order valence-corrected chi connectivity index (χ2v) is 3.83. The summed E-state index contributed by atoms with van der Waals surface area (Å²) in [4.78, 5) is 0. The fraction of sp³-hybridized carbons (Fsp3) is 0.636. The fourth-order valence-corrected chi connectivity index (χ4v) is 2.12. The van der Waals surface area contributed by atoms with Crippen LogP contribution < -0.4 is 0 Å². The van der Waals surface area contributed by atoms with Crippen LogP contribution in [0.25, 0.3) is 0 Å². The molecule has 1 aliphatic carbocycles. The van der Waals surface area contributed by atoms with E-state index < -0.39 is 0 Å². The van der Waals surface area contributed by atoms with Gasteiger partial charge in [-0.2, -0.15) is 0 Å². The SMILES string of the molecule is OC1CCCCCC1c1ccco1. The van der Waals surface area contributed by atoms with Gasteiger partial charge in [0.25, 0.3) is 0 Å². The molecular formula is C11H16O2. The Labute approximate surface area is 78.6 Å². The predicted octanol–water partition coefficient (Wildman–Crippen LogP) is 2.69. The van der Waals surface area contributed by atoms with Crippen LogP contribution in [0.2, 0.25) is 0 Å². The maximum absolute atomic E-state index is 9.86. The Morgan fingerprint density at radius 2 is 2.08 bits per heavy atom. The summed E-state index contributed by atoms with van der Waals surface area (Å²) in [5.74, 6) is 1.19. The first-order valence-electron chi connectivity index (χ1n) is 5.09. The lowest BCUT2D eigenvalue weighted by Crippen LogP contribution is -2.16. The lowest BCUT2D eigenvalue weighted by Gasteiger charge is -2.17. The Bertz CT molecular complexity index is 241. The highest BCUT2D eigenvalue weighted by Crippen LogP contribution is 2.31. The molecule has 1 aromatic heterocycles. The Morgan fingerprint density at radius 1 is 1.23 bits per heavy atom. The van der Waals surface area contributed by atoms with E-state index in [1.54, 1.807) is 6.26 Å². The molecule has 0 bridgehead atoms. The summed E-state index contributed by atoms with van der Waals surface area (Å²) in [5.41, 5.74) is 0. The molecule has 0 radical (unpaired) electrons. The van der Waals surface area contributed by atoms with E-state index in [9.17, 15) is 5.11 Å². The second-order valence-electron chi connectivity index (χ2n) is 3.83. The molecule has 2 nitrogen and oxygen atoms in total. The minimum Gasteiger partial charge on any atom is -0.469 e. The highest BCUT2D eigenvalue weighted by atomic mass is 16.3. The van der Waals surface area contributed by atoms with Crippen molar-refractivity contribution in [2.45, 2.75) is 44.1 Å². The number of hydrogen-bond donors (Lipinski definition) is 1. The van der Waals surface area contributed by atoms with E-state index in [0.29, 0.717) is 0 Å². The summed E-state index contributed by atoms with van der Waals surface area (Å²) in [6.45, 7) is 0. The Morgan fingerprint density at radius 3 is 2.85 bits per heavy atom. The summed E-state index contributed by atoms with van der Waals surface area (Å²) >= 11 is 0. The summed E-state index contributed by atoms with van der Waals surface area (Å²) in [5, 5.41) is 9.86. The zero-order valence-corrected chi connectivity index (χ0v) is 7.78. The van der Waals surface area contributed by atoms with Crippen LogP contribution in [0.3, 0.4) is 0 Å². The molecule has 2 atom stereocenters. The van der Waals surface area contributed by atoms with E-state index in [-0.39, 0.29) is 12.0 Å². The van der Waals surface area contributed by atoms with Crippen LogP contribution in [-0.2, 0) is 0 Å². The van der Waals surface area contributed by atoms with Crippen LogP contribution >= 0.6 is 0 Å². The predicted molar refractivity (Wildman–Crippen MR) is 50.5 cm³/mol. The van der Waals surface area contributed by atoms with E-state index >= 15 is 0 Å². The molecule has 1 fully saturated rings. The van der Waals surface area contributed by atoms with Crippen LogP contribution in [0.4, 0.5) is 0 Å². The van der Waals surface area contributed by atoms with Gasteiger partial charge in [0, 0.05) is 5.92 Å². The van der Waals surface area contributed by atoms with Gasteiger partial charge in [0.05, 0.1) is 12.4 Å². The van der Waals surface area contributed by atoms with Crippen molar-refractivity contribution < 1.29 is 9.52 Å². The monoisotopic (exact) mass is 180 g/mol. The minimum atomic E-state index is -0.200. The fourth-order valence-electron chi connectivity index (χ4n) is 2.12. The maximum atomic E-state index is 9.86. The van der Waals surface area contributed by atoms with E-state index in [1.807, 2.05) is 12.1 Å². The third kappa shape index (κ3) is 1.94. The molecule has 1 aliphatic rings. The molecule has 2 rings (SSSR count). The highest BCUT2D eigenvalue weighted by Gasteiger charge is 2.24. The van der Waals surface area contributed by atoms with Crippen molar-refractivity contribution in [1.29, 1.82) is 0 Å². The van der Waals surface area contributed by atoms with Crippen molar-refractivity contribution >= 4 is 0 Å². The van der Waals surface area contributed by atoms with Gasteiger partial charge in [-0.05, 0) is 25.0 Å². The Hall–Kier alpha value is -0.760. The first-order valence-corrected chi connectivity index (χ1v) is 5.09. The van der Waals surface area contributed by atoms with Crippen LogP contribution in [0.15, 0.2) is 22.8 Å². The molecule has 0 spiro atoms. The molecule has 13 heavy (non-hydrogen) atoms. The van der Waals surface area contributed by atoms with E-state index in [1.165, 1.54) is 12.8 Å².